The van der Waals surface area contributed by atoms with Crippen molar-refractivity contribution in [3.63, 3.8) is 0 Å². The Bertz CT molecular complexity index is 422. The Morgan fingerprint density at radius 1 is 1.53 bits per heavy atom. The highest BCUT2D eigenvalue weighted by Gasteiger charge is 2.18. The summed E-state index contributed by atoms with van der Waals surface area (Å²) in [7, 11) is 0. The topological polar surface area (TPSA) is 66.5 Å². The second-order valence-corrected chi connectivity index (χ2v) is 5.01. The number of aromatic nitrogens is 1. The molecular formula is C14H22N2O3. The molecule has 0 saturated carbocycles. The van der Waals surface area contributed by atoms with Crippen LogP contribution in [0.4, 0.5) is 5.69 Å². The van der Waals surface area contributed by atoms with Gasteiger partial charge in [0.2, 0.25) is 0 Å². The average Bonchev–Trinajstić information content (AvgIpc) is 2.79. The van der Waals surface area contributed by atoms with Gasteiger partial charge in [0.15, 0.2) is 0 Å². The van der Waals surface area contributed by atoms with Crippen LogP contribution in [0.2, 0.25) is 0 Å². The van der Waals surface area contributed by atoms with Gasteiger partial charge in [-0.2, -0.15) is 0 Å². The maximum Gasteiger partial charge on any atom is 0.355 e. The quantitative estimate of drug-likeness (QED) is 0.828. The van der Waals surface area contributed by atoms with Crippen molar-refractivity contribution >= 4 is 11.7 Å². The maximum atomic E-state index is 12.1. The highest BCUT2D eigenvalue weighted by atomic mass is 16.5. The van der Waals surface area contributed by atoms with Gasteiger partial charge in [-0.15, -0.1) is 0 Å². The minimum absolute atomic E-state index is 0.281. The van der Waals surface area contributed by atoms with Gasteiger partial charge >= 0.3 is 5.97 Å². The zero-order valence-corrected chi connectivity index (χ0v) is 11.4. The van der Waals surface area contributed by atoms with E-state index in [1.165, 1.54) is 0 Å². The summed E-state index contributed by atoms with van der Waals surface area (Å²) in [4.78, 5) is 12.1. The van der Waals surface area contributed by atoms with Crippen LogP contribution in [0.15, 0.2) is 12.3 Å². The van der Waals surface area contributed by atoms with Crippen LogP contribution in [0.3, 0.4) is 0 Å². The van der Waals surface area contributed by atoms with Gasteiger partial charge in [0.25, 0.3) is 0 Å². The molecule has 1 aliphatic heterocycles. The van der Waals surface area contributed by atoms with E-state index in [9.17, 15) is 4.79 Å². The molecule has 19 heavy (non-hydrogen) atoms. The molecule has 0 spiro atoms. The van der Waals surface area contributed by atoms with Crippen LogP contribution in [-0.4, -0.2) is 30.4 Å². The van der Waals surface area contributed by atoms with Crippen LogP contribution in [-0.2, 0) is 16.0 Å². The standard InChI is InChI=1S/C14H22N2O3/c1-2-5-16-9-12(15)8-13(16)14(17)19-10-11-3-6-18-7-4-11/h8-9,11H,2-7,10,15H2,1H3. The van der Waals surface area contributed by atoms with Gasteiger partial charge < -0.3 is 19.8 Å². The van der Waals surface area contributed by atoms with Crippen LogP contribution >= 0.6 is 0 Å². The molecule has 1 fully saturated rings. The lowest BCUT2D eigenvalue weighted by Crippen LogP contribution is -2.22. The number of rotatable bonds is 5. The highest BCUT2D eigenvalue weighted by Crippen LogP contribution is 2.17. The predicted octanol–water partition coefficient (Wildman–Crippen LogP) is 2.06. The van der Waals surface area contributed by atoms with E-state index in [2.05, 4.69) is 6.92 Å². The van der Waals surface area contributed by atoms with Gasteiger partial charge in [-0.3, -0.25) is 0 Å². The number of nitrogen functional groups attached to an aromatic ring is 1. The van der Waals surface area contributed by atoms with Crippen LogP contribution in [0.5, 0.6) is 0 Å². The second-order valence-electron chi connectivity index (χ2n) is 5.01. The number of nitrogens with two attached hydrogens (primary N) is 1. The van der Waals surface area contributed by atoms with Crippen molar-refractivity contribution in [2.24, 2.45) is 5.92 Å². The predicted molar refractivity (Wildman–Crippen MR) is 73.0 cm³/mol. The molecule has 0 radical (unpaired) electrons. The largest absolute Gasteiger partial charge is 0.461 e. The molecule has 5 nitrogen and oxygen atoms in total. The fourth-order valence-electron chi connectivity index (χ4n) is 2.31. The molecule has 1 aromatic heterocycles. The molecule has 2 rings (SSSR count). The minimum atomic E-state index is -0.281. The lowest BCUT2D eigenvalue weighted by Gasteiger charge is -2.21. The molecule has 1 aliphatic rings. The monoisotopic (exact) mass is 266 g/mol. The van der Waals surface area contributed by atoms with Crippen molar-refractivity contribution in [1.29, 1.82) is 0 Å². The summed E-state index contributed by atoms with van der Waals surface area (Å²) >= 11 is 0. The smallest absolute Gasteiger partial charge is 0.355 e. The van der Waals surface area contributed by atoms with Gasteiger partial charge in [-0.05, 0) is 31.2 Å². The number of carbonyl (C=O) groups is 1. The first-order valence-electron chi connectivity index (χ1n) is 6.91. The fraction of sp³-hybridized carbons (Fsp3) is 0.643. The Labute approximate surface area is 113 Å². The molecule has 0 bridgehead atoms. The van der Waals surface area contributed by atoms with Crippen LogP contribution < -0.4 is 5.73 Å². The lowest BCUT2D eigenvalue weighted by atomic mass is 10.0. The minimum Gasteiger partial charge on any atom is -0.461 e. The van der Waals surface area contributed by atoms with E-state index in [1.807, 2.05) is 4.57 Å². The molecule has 106 valence electrons. The molecule has 0 atom stereocenters. The Hall–Kier alpha value is -1.49. The summed E-state index contributed by atoms with van der Waals surface area (Å²) < 4.78 is 12.5. The van der Waals surface area contributed by atoms with Crippen molar-refractivity contribution < 1.29 is 14.3 Å². The molecule has 5 heteroatoms. The average molecular weight is 266 g/mol. The van der Waals surface area contributed by atoms with E-state index < -0.39 is 0 Å². The van der Waals surface area contributed by atoms with Crippen LogP contribution in [0.25, 0.3) is 0 Å². The number of esters is 1. The number of nitrogens with zero attached hydrogens (tertiary/aromatic N) is 1. The van der Waals surface area contributed by atoms with E-state index in [0.717, 1.165) is 39.0 Å². The Kier molecular flexibility index (Phi) is 4.85. The molecule has 0 aromatic carbocycles. The third-order valence-corrected chi connectivity index (χ3v) is 3.38. The van der Waals surface area contributed by atoms with Gasteiger partial charge in [0.1, 0.15) is 5.69 Å². The van der Waals surface area contributed by atoms with E-state index in [0.29, 0.717) is 23.9 Å². The summed E-state index contributed by atoms with van der Waals surface area (Å²) in [6.45, 7) is 4.84. The van der Waals surface area contributed by atoms with Crippen LogP contribution in [0.1, 0.15) is 36.7 Å². The normalized spacial score (nSPS) is 16.5. The first kappa shape index (κ1) is 13.9. The van der Waals surface area contributed by atoms with E-state index in [-0.39, 0.29) is 5.97 Å². The number of anilines is 1. The first-order chi connectivity index (χ1) is 9.20. The Morgan fingerprint density at radius 2 is 2.26 bits per heavy atom. The summed E-state index contributed by atoms with van der Waals surface area (Å²) in [6, 6.07) is 1.68. The third kappa shape index (κ3) is 3.73. The Balaban J connectivity index is 1.91. The van der Waals surface area contributed by atoms with Crippen molar-refractivity contribution in [1.82, 2.24) is 4.57 Å². The molecule has 1 saturated heterocycles. The SMILES string of the molecule is CCCn1cc(N)cc1C(=O)OCC1CCOCC1. The molecular weight excluding hydrogens is 244 g/mol. The zero-order valence-electron chi connectivity index (χ0n) is 11.4. The number of aryl methyl sites for hydroxylation is 1. The number of carbonyl (C=O) groups excluding carboxylic acids is 1. The summed E-state index contributed by atoms with van der Waals surface area (Å²) in [5.41, 5.74) is 6.89. The van der Waals surface area contributed by atoms with E-state index in [1.54, 1.807) is 12.3 Å². The second kappa shape index (κ2) is 6.61. The molecule has 0 aliphatic carbocycles. The molecule has 1 aromatic rings. The number of ether oxygens (including phenoxy) is 2. The summed E-state index contributed by atoms with van der Waals surface area (Å²) in [5, 5.41) is 0. The number of hydrogen-bond donors (Lipinski definition) is 1. The molecule has 0 unspecified atom stereocenters. The van der Waals surface area contributed by atoms with Gasteiger partial charge in [-0.25, -0.2) is 4.79 Å². The van der Waals surface area contributed by atoms with Crippen molar-refractivity contribution in [2.75, 3.05) is 25.6 Å². The summed E-state index contributed by atoms with van der Waals surface area (Å²) in [5.74, 6) is 0.140. The fourth-order valence-corrected chi connectivity index (χ4v) is 2.31. The highest BCUT2D eigenvalue weighted by molar-refractivity contribution is 5.89. The summed E-state index contributed by atoms with van der Waals surface area (Å²) in [6.07, 6.45) is 4.67. The van der Waals surface area contributed by atoms with E-state index >= 15 is 0 Å². The van der Waals surface area contributed by atoms with Crippen LogP contribution in [0, 0.1) is 5.92 Å². The number of hydrogen-bond acceptors (Lipinski definition) is 4. The third-order valence-electron chi connectivity index (χ3n) is 3.38. The van der Waals surface area contributed by atoms with E-state index in [4.69, 9.17) is 15.2 Å². The van der Waals surface area contributed by atoms with Crippen molar-refractivity contribution in [3.8, 4) is 0 Å². The Morgan fingerprint density at radius 3 is 2.95 bits per heavy atom. The first-order valence-corrected chi connectivity index (χ1v) is 6.91. The lowest BCUT2D eigenvalue weighted by molar-refractivity contribution is 0.0178. The van der Waals surface area contributed by atoms with Crippen molar-refractivity contribution in [3.05, 3.63) is 18.0 Å². The van der Waals surface area contributed by atoms with Gasteiger partial charge in [-0.1, -0.05) is 6.92 Å². The molecule has 2 N–H and O–H groups in total. The zero-order chi connectivity index (χ0) is 13.7. The van der Waals surface area contributed by atoms with Gasteiger partial charge in [0.05, 0.1) is 12.3 Å². The van der Waals surface area contributed by atoms with Gasteiger partial charge in [0, 0.05) is 26.0 Å². The molecule has 2 heterocycles. The van der Waals surface area contributed by atoms with Crippen molar-refractivity contribution in [2.45, 2.75) is 32.7 Å². The molecule has 0 amide bonds. The maximum absolute atomic E-state index is 12.1.